The van der Waals surface area contributed by atoms with Crippen LogP contribution < -0.4 is 20.3 Å². The predicted molar refractivity (Wildman–Crippen MR) is 163 cm³/mol. The van der Waals surface area contributed by atoms with Gasteiger partial charge in [0.2, 0.25) is 5.95 Å². The fourth-order valence-electron chi connectivity index (χ4n) is 6.63. The second-order valence-corrected chi connectivity index (χ2v) is 11.9. The van der Waals surface area contributed by atoms with E-state index in [-0.39, 0.29) is 0 Å². The summed E-state index contributed by atoms with van der Waals surface area (Å²) < 4.78 is 8.24. The van der Waals surface area contributed by atoms with E-state index in [1.165, 1.54) is 42.5 Å². The molecule has 0 atom stereocenters. The number of benzene rings is 2. The number of nitrogens with zero attached hydrogens (tertiary/aromatic N) is 6. The summed E-state index contributed by atoms with van der Waals surface area (Å²) in [4.78, 5) is 17.2. The van der Waals surface area contributed by atoms with Crippen LogP contribution in [0.15, 0.2) is 60.9 Å². The summed E-state index contributed by atoms with van der Waals surface area (Å²) >= 11 is 0. The molecule has 3 aliphatic heterocycles. The van der Waals surface area contributed by atoms with Crippen molar-refractivity contribution in [3.63, 3.8) is 0 Å². The van der Waals surface area contributed by atoms with Crippen LogP contribution in [0.3, 0.4) is 0 Å². The first kappa shape index (κ1) is 25.1. The highest BCUT2D eigenvalue weighted by Crippen LogP contribution is 2.41. The van der Waals surface area contributed by atoms with Crippen LogP contribution in [-0.2, 0) is 0 Å². The van der Waals surface area contributed by atoms with Crippen molar-refractivity contribution in [2.45, 2.75) is 31.0 Å². The summed E-state index contributed by atoms with van der Waals surface area (Å²) in [6.45, 7) is 9.09. The maximum Gasteiger partial charge on any atom is 0.227 e. The fourth-order valence-corrected chi connectivity index (χ4v) is 6.63. The Bertz CT molecular complexity index is 1550. The Hall–Kier alpha value is -3.66. The molecule has 9 nitrogen and oxygen atoms in total. The number of rotatable bonds is 8. The minimum absolute atomic E-state index is 0.567. The molecule has 0 bridgehead atoms. The molecule has 41 heavy (non-hydrogen) atoms. The third kappa shape index (κ3) is 4.71. The summed E-state index contributed by atoms with van der Waals surface area (Å²) in [6.07, 6.45) is 6.59. The Morgan fingerprint density at radius 3 is 2.49 bits per heavy atom. The van der Waals surface area contributed by atoms with E-state index in [9.17, 15) is 0 Å². The van der Waals surface area contributed by atoms with Crippen molar-refractivity contribution in [3.8, 4) is 17.0 Å². The number of ether oxygens (including phenoxy) is 1. The lowest BCUT2D eigenvalue weighted by atomic mass is 10.00. The largest absolute Gasteiger partial charge is 0.494 e. The lowest BCUT2D eigenvalue weighted by Gasteiger charge is -2.53. The minimum atomic E-state index is 0.567. The molecular weight excluding hydrogens is 512 g/mol. The minimum Gasteiger partial charge on any atom is -0.494 e. The molecule has 9 heteroatoms. The summed E-state index contributed by atoms with van der Waals surface area (Å²) in [5, 5.41) is 8.05. The van der Waals surface area contributed by atoms with Gasteiger partial charge in [0, 0.05) is 111 Å². The first-order chi connectivity index (χ1) is 20.2. The molecular formula is C32H38N8O. The average Bonchev–Trinajstić information content (AvgIpc) is 3.74. The van der Waals surface area contributed by atoms with Crippen LogP contribution in [-0.4, -0.2) is 95.9 Å². The zero-order valence-electron chi connectivity index (χ0n) is 23.7. The zero-order chi connectivity index (χ0) is 27.3. The summed E-state index contributed by atoms with van der Waals surface area (Å²) in [6, 6.07) is 19.1. The Balaban J connectivity index is 0.954. The maximum atomic E-state index is 5.83. The fraction of sp³-hybridized carbons (Fsp3) is 0.438. The molecule has 4 fully saturated rings. The Labute approximate surface area is 241 Å². The van der Waals surface area contributed by atoms with Crippen molar-refractivity contribution >= 4 is 28.2 Å². The van der Waals surface area contributed by atoms with Gasteiger partial charge in [0.05, 0.1) is 18.5 Å². The average molecular weight is 551 g/mol. The smallest absolute Gasteiger partial charge is 0.227 e. The first-order valence-electron chi connectivity index (χ1n) is 15.1. The molecule has 4 aromatic rings. The van der Waals surface area contributed by atoms with Gasteiger partial charge in [-0.25, -0.2) is 9.97 Å². The molecule has 0 amide bonds. The molecule has 5 heterocycles. The number of anilines is 3. The third-order valence-electron chi connectivity index (χ3n) is 9.41. The molecule has 0 spiro atoms. The molecule has 1 saturated carbocycles. The van der Waals surface area contributed by atoms with Crippen molar-refractivity contribution in [1.29, 1.82) is 0 Å². The SMILES string of the molecule is COc1cc(N2CCN(C3CN(C4CNC4)C3)CC2)ccc1Nc1nccc(-c2cn(C3CC3)c3ccccc23)n1. The highest BCUT2D eigenvalue weighted by molar-refractivity contribution is 5.95. The van der Waals surface area contributed by atoms with Gasteiger partial charge < -0.3 is 24.8 Å². The van der Waals surface area contributed by atoms with E-state index in [1.54, 1.807) is 7.11 Å². The molecule has 8 rings (SSSR count). The van der Waals surface area contributed by atoms with Gasteiger partial charge in [-0.2, -0.15) is 0 Å². The van der Waals surface area contributed by atoms with Crippen LogP contribution in [0.1, 0.15) is 18.9 Å². The number of hydrogen-bond donors (Lipinski definition) is 2. The highest BCUT2D eigenvalue weighted by Gasteiger charge is 2.38. The van der Waals surface area contributed by atoms with Crippen molar-refractivity contribution in [1.82, 2.24) is 29.7 Å². The molecule has 0 radical (unpaired) electrons. The number of piperazine rings is 1. The van der Waals surface area contributed by atoms with E-state index in [0.29, 0.717) is 12.0 Å². The summed E-state index contributed by atoms with van der Waals surface area (Å²) in [5.74, 6) is 1.37. The molecule has 0 unspecified atom stereocenters. The van der Waals surface area contributed by atoms with Crippen LogP contribution in [0.5, 0.6) is 5.75 Å². The van der Waals surface area contributed by atoms with Crippen molar-refractivity contribution < 1.29 is 4.74 Å². The van der Waals surface area contributed by atoms with Gasteiger partial charge in [0.25, 0.3) is 0 Å². The van der Waals surface area contributed by atoms with Gasteiger partial charge in [0.15, 0.2) is 0 Å². The van der Waals surface area contributed by atoms with Gasteiger partial charge in [0.1, 0.15) is 5.75 Å². The molecule has 2 aromatic heterocycles. The standard InChI is InChI=1S/C32H38N8O/c1-41-31-16-23(37-12-14-38(15-13-37)25-19-39(20-25)24-17-33-18-24)8-9-29(31)36-32-34-11-10-28(35-32)27-21-40(22-6-7-22)30-5-3-2-4-26(27)30/h2-5,8-11,16,21-22,24-25,33H,6-7,12-15,17-20H2,1H3,(H,34,35,36). The topological polar surface area (TPSA) is 73.7 Å². The number of fused-ring (bicyclic) bond motifs is 1. The van der Waals surface area contributed by atoms with E-state index < -0.39 is 0 Å². The third-order valence-corrected chi connectivity index (χ3v) is 9.41. The lowest BCUT2D eigenvalue weighted by Crippen LogP contribution is -2.70. The van der Waals surface area contributed by atoms with Crippen molar-refractivity contribution in [3.05, 3.63) is 60.9 Å². The second kappa shape index (κ2) is 10.3. The van der Waals surface area contributed by atoms with Gasteiger partial charge in [-0.15, -0.1) is 0 Å². The molecule has 3 saturated heterocycles. The van der Waals surface area contributed by atoms with Gasteiger partial charge in [-0.3, -0.25) is 9.80 Å². The highest BCUT2D eigenvalue weighted by atomic mass is 16.5. The van der Waals surface area contributed by atoms with Crippen LogP contribution in [0.4, 0.5) is 17.3 Å². The Morgan fingerprint density at radius 1 is 0.902 bits per heavy atom. The Kier molecular flexibility index (Phi) is 6.31. The van der Waals surface area contributed by atoms with E-state index in [0.717, 1.165) is 74.0 Å². The van der Waals surface area contributed by atoms with Crippen LogP contribution in [0, 0.1) is 0 Å². The number of nitrogens with one attached hydrogen (secondary N) is 2. The number of likely N-dealkylation sites (tertiary alicyclic amines) is 1. The summed E-state index contributed by atoms with van der Waals surface area (Å²) in [5.41, 5.74) is 5.41. The summed E-state index contributed by atoms with van der Waals surface area (Å²) in [7, 11) is 1.73. The number of para-hydroxylation sites is 1. The van der Waals surface area contributed by atoms with Gasteiger partial charge in [-0.1, -0.05) is 18.2 Å². The Morgan fingerprint density at radius 2 is 1.73 bits per heavy atom. The van der Waals surface area contributed by atoms with Crippen LogP contribution in [0.25, 0.3) is 22.2 Å². The zero-order valence-corrected chi connectivity index (χ0v) is 23.7. The molecule has 4 aliphatic rings. The monoisotopic (exact) mass is 550 g/mol. The maximum absolute atomic E-state index is 5.83. The normalized spacial score (nSPS) is 20.7. The van der Waals surface area contributed by atoms with Crippen molar-refractivity contribution in [2.75, 3.05) is 69.7 Å². The number of aromatic nitrogens is 3. The molecule has 2 N–H and O–H groups in total. The number of hydrogen-bond acceptors (Lipinski definition) is 8. The second-order valence-electron chi connectivity index (χ2n) is 11.9. The lowest BCUT2D eigenvalue weighted by molar-refractivity contribution is -0.0120. The van der Waals surface area contributed by atoms with Crippen LogP contribution in [0.2, 0.25) is 0 Å². The van der Waals surface area contributed by atoms with Crippen LogP contribution >= 0.6 is 0 Å². The quantitative estimate of drug-likeness (QED) is 0.342. The predicted octanol–water partition coefficient (Wildman–Crippen LogP) is 3.96. The van der Waals surface area contributed by atoms with E-state index in [2.05, 4.69) is 83.5 Å². The first-order valence-corrected chi connectivity index (χ1v) is 15.1. The molecule has 212 valence electrons. The van der Waals surface area contributed by atoms with E-state index in [4.69, 9.17) is 9.72 Å². The van der Waals surface area contributed by atoms with E-state index >= 15 is 0 Å². The number of methoxy groups -OCH3 is 1. The molecule has 1 aliphatic carbocycles. The molecule has 2 aromatic carbocycles. The van der Waals surface area contributed by atoms with Crippen molar-refractivity contribution in [2.24, 2.45) is 0 Å². The van der Waals surface area contributed by atoms with E-state index in [1.807, 2.05) is 12.3 Å². The van der Waals surface area contributed by atoms with Gasteiger partial charge in [-0.05, 0) is 37.1 Å². The van der Waals surface area contributed by atoms with Gasteiger partial charge >= 0.3 is 0 Å².